The van der Waals surface area contributed by atoms with Crippen LogP contribution < -0.4 is 5.73 Å². The van der Waals surface area contributed by atoms with Gasteiger partial charge in [0, 0.05) is 12.5 Å². The second-order valence-electron chi connectivity index (χ2n) is 3.71. The van der Waals surface area contributed by atoms with Crippen LogP contribution in [-0.2, 0) is 6.42 Å². The average molecular weight is 152 g/mol. The molecule has 0 aliphatic heterocycles. The first-order valence-corrected chi connectivity index (χ1v) is 3.89. The van der Waals surface area contributed by atoms with Gasteiger partial charge in [-0.25, -0.2) is 0 Å². The summed E-state index contributed by atoms with van der Waals surface area (Å²) in [5.41, 5.74) is 5.89. The summed E-state index contributed by atoms with van der Waals surface area (Å²) in [5, 5.41) is 3.63. The molecule has 1 heterocycles. The van der Waals surface area contributed by atoms with Gasteiger partial charge in [0.1, 0.15) is 5.76 Å². The van der Waals surface area contributed by atoms with Crippen molar-refractivity contribution in [2.75, 3.05) is 5.73 Å². The van der Waals surface area contributed by atoms with E-state index in [-0.39, 0.29) is 0 Å². The van der Waals surface area contributed by atoms with Crippen LogP contribution in [0.15, 0.2) is 10.6 Å². The summed E-state index contributed by atoms with van der Waals surface area (Å²) in [6, 6.07) is 1.81. The van der Waals surface area contributed by atoms with E-state index < -0.39 is 0 Å². The molecule has 1 aromatic heterocycles. The van der Waals surface area contributed by atoms with E-state index in [1.807, 2.05) is 6.07 Å². The van der Waals surface area contributed by atoms with E-state index in [0.717, 1.165) is 12.2 Å². The zero-order valence-electron chi connectivity index (χ0n) is 6.63. The monoisotopic (exact) mass is 152 g/mol. The number of hydrogen-bond acceptors (Lipinski definition) is 3. The molecule has 1 aliphatic rings. The molecule has 3 heteroatoms. The van der Waals surface area contributed by atoms with Crippen molar-refractivity contribution in [2.45, 2.75) is 26.2 Å². The minimum atomic E-state index is 0.478. The Morgan fingerprint density at radius 3 is 2.91 bits per heavy atom. The van der Waals surface area contributed by atoms with E-state index in [1.165, 1.54) is 12.8 Å². The lowest BCUT2D eigenvalue weighted by Gasteiger charge is -2.01. The Morgan fingerprint density at radius 1 is 1.73 bits per heavy atom. The van der Waals surface area contributed by atoms with Gasteiger partial charge in [-0.15, -0.1) is 0 Å². The molecule has 1 aliphatic carbocycles. The Labute approximate surface area is 65.6 Å². The molecule has 0 spiro atoms. The molecule has 2 rings (SSSR count). The number of nitrogen functional groups attached to an aromatic ring is 1. The molecule has 0 amide bonds. The largest absolute Gasteiger partial charge is 0.381 e. The Kier molecular flexibility index (Phi) is 1.22. The fraction of sp³-hybridized carbons (Fsp3) is 0.625. The van der Waals surface area contributed by atoms with Crippen molar-refractivity contribution < 1.29 is 4.52 Å². The summed E-state index contributed by atoms with van der Waals surface area (Å²) in [6.45, 7) is 2.26. The molecule has 0 unspecified atom stereocenters. The molecule has 11 heavy (non-hydrogen) atoms. The molecule has 1 fully saturated rings. The summed E-state index contributed by atoms with van der Waals surface area (Å²) in [4.78, 5) is 0. The highest BCUT2D eigenvalue weighted by molar-refractivity contribution is 5.27. The second-order valence-corrected chi connectivity index (χ2v) is 3.71. The van der Waals surface area contributed by atoms with Gasteiger partial charge in [0.15, 0.2) is 5.82 Å². The normalized spacial score (nSPS) is 20.1. The van der Waals surface area contributed by atoms with Crippen molar-refractivity contribution in [1.29, 1.82) is 0 Å². The van der Waals surface area contributed by atoms with Crippen molar-refractivity contribution >= 4 is 5.82 Å². The van der Waals surface area contributed by atoms with Gasteiger partial charge in [0.05, 0.1) is 0 Å². The third-order valence-electron chi connectivity index (χ3n) is 2.28. The van der Waals surface area contributed by atoms with Crippen LogP contribution in [-0.4, -0.2) is 5.16 Å². The lowest BCUT2D eigenvalue weighted by Crippen LogP contribution is -1.96. The predicted octanol–water partition coefficient (Wildman–Crippen LogP) is 1.60. The molecule has 0 aromatic carbocycles. The molecule has 0 bridgehead atoms. The van der Waals surface area contributed by atoms with E-state index in [1.54, 1.807) is 0 Å². The summed E-state index contributed by atoms with van der Waals surface area (Å²) in [6.07, 6.45) is 3.58. The molecular weight excluding hydrogens is 140 g/mol. The van der Waals surface area contributed by atoms with Crippen molar-refractivity contribution in [3.63, 3.8) is 0 Å². The first-order valence-electron chi connectivity index (χ1n) is 3.89. The van der Waals surface area contributed by atoms with E-state index in [9.17, 15) is 0 Å². The third-order valence-corrected chi connectivity index (χ3v) is 2.28. The van der Waals surface area contributed by atoms with Crippen LogP contribution in [0.2, 0.25) is 0 Å². The van der Waals surface area contributed by atoms with Crippen LogP contribution in [0, 0.1) is 5.41 Å². The molecule has 0 atom stereocenters. The summed E-state index contributed by atoms with van der Waals surface area (Å²) < 4.78 is 5.01. The highest BCUT2D eigenvalue weighted by Gasteiger charge is 2.38. The number of anilines is 1. The maximum absolute atomic E-state index is 5.41. The second kappa shape index (κ2) is 2.00. The lowest BCUT2D eigenvalue weighted by molar-refractivity contribution is 0.361. The van der Waals surface area contributed by atoms with Crippen LogP contribution in [0.1, 0.15) is 25.5 Å². The van der Waals surface area contributed by atoms with Gasteiger partial charge in [0.2, 0.25) is 0 Å². The minimum Gasteiger partial charge on any atom is -0.381 e. The minimum absolute atomic E-state index is 0.478. The fourth-order valence-corrected chi connectivity index (χ4v) is 1.22. The Bertz CT molecular complexity index is 263. The van der Waals surface area contributed by atoms with E-state index in [0.29, 0.717) is 11.2 Å². The molecule has 3 nitrogen and oxygen atoms in total. The highest BCUT2D eigenvalue weighted by Crippen LogP contribution is 2.47. The molecule has 1 aromatic rings. The van der Waals surface area contributed by atoms with E-state index >= 15 is 0 Å². The maximum atomic E-state index is 5.41. The Balaban J connectivity index is 2.06. The van der Waals surface area contributed by atoms with Crippen LogP contribution >= 0.6 is 0 Å². The number of rotatable bonds is 2. The zero-order valence-corrected chi connectivity index (χ0v) is 6.63. The number of hydrogen-bond donors (Lipinski definition) is 1. The van der Waals surface area contributed by atoms with Gasteiger partial charge in [-0.1, -0.05) is 12.1 Å². The SMILES string of the molecule is CC1(Cc2cc(N)no2)CC1. The summed E-state index contributed by atoms with van der Waals surface area (Å²) in [7, 11) is 0. The first kappa shape index (κ1) is 6.70. The van der Waals surface area contributed by atoms with Crippen molar-refractivity contribution in [3.05, 3.63) is 11.8 Å². The third kappa shape index (κ3) is 1.37. The van der Waals surface area contributed by atoms with Crippen LogP contribution in [0.25, 0.3) is 0 Å². The van der Waals surface area contributed by atoms with Crippen LogP contribution in [0.5, 0.6) is 0 Å². The number of aromatic nitrogens is 1. The van der Waals surface area contributed by atoms with E-state index in [2.05, 4.69) is 12.1 Å². The van der Waals surface area contributed by atoms with Gasteiger partial charge >= 0.3 is 0 Å². The zero-order chi connectivity index (χ0) is 7.90. The van der Waals surface area contributed by atoms with Gasteiger partial charge < -0.3 is 10.3 Å². The molecule has 0 radical (unpaired) electrons. The fourth-order valence-electron chi connectivity index (χ4n) is 1.22. The number of nitrogens with zero attached hydrogens (tertiary/aromatic N) is 1. The van der Waals surface area contributed by atoms with Gasteiger partial charge in [-0.2, -0.15) is 0 Å². The summed E-state index contributed by atoms with van der Waals surface area (Å²) in [5.74, 6) is 1.41. The quantitative estimate of drug-likeness (QED) is 0.700. The standard InChI is InChI=1S/C8H12N2O/c1-8(2-3-8)5-6-4-7(9)10-11-6/h4H,2-3,5H2,1H3,(H2,9,10). The van der Waals surface area contributed by atoms with Crippen molar-refractivity contribution in [1.82, 2.24) is 5.16 Å². The smallest absolute Gasteiger partial charge is 0.167 e. The first-order chi connectivity index (χ1) is 5.18. The van der Waals surface area contributed by atoms with Crippen molar-refractivity contribution in [2.24, 2.45) is 5.41 Å². The molecule has 0 saturated heterocycles. The maximum Gasteiger partial charge on any atom is 0.167 e. The lowest BCUT2D eigenvalue weighted by atomic mass is 10.0. The van der Waals surface area contributed by atoms with Crippen LogP contribution in [0.3, 0.4) is 0 Å². The summed E-state index contributed by atoms with van der Waals surface area (Å²) >= 11 is 0. The molecule has 60 valence electrons. The molecule has 1 saturated carbocycles. The van der Waals surface area contributed by atoms with Gasteiger partial charge in [0.25, 0.3) is 0 Å². The van der Waals surface area contributed by atoms with Gasteiger partial charge in [-0.3, -0.25) is 0 Å². The highest BCUT2D eigenvalue weighted by atomic mass is 16.5. The topological polar surface area (TPSA) is 52.0 Å². The predicted molar refractivity (Wildman–Crippen MR) is 42.0 cm³/mol. The Hall–Kier alpha value is -0.990. The average Bonchev–Trinajstić information content (AvgIpc) is 2.49. The Morgan fingerprint density at radius 2 is 2.45 bits per heavy atom. The van der Waals surface area contributed by atoms with Crippen LogP contribution in [0.4, 0.5) is 5.82 Å². The van der Waals surface area contributed by atoms with Crippen molar-refractivity contribution in [3.8, 4) is 0 Å². The molecular formula is C8H12N2O. The molecule has 2 N–H and O–H groups in total. The number of nitrogens with two attached hydrogens (primary N) is 1. The van der Waals surface area contributed by atoms with Gasteiger partial charge in [-0.05, 0) is 18.3 Å². The van der Waals surface area contributed by atoms with E-state index in [4.69, 9.17) is 10.3 Å².